The highest BCUT2D eigenvalue weighted by Crippen LogP contribution is 2.28. The Hall–Kier alpha value is -2.03. The summed E-state index contributed by atoms with van der Waals surface area (Å²) in [5, 5.41) is 0. The lowest BCUT2D eigenvalue weighted by Crippen LogP contribution is -2.13. The van der Waals surface area contributed by atoms with Crippen LogP contribution in [0.15, 0.2) is 40.8 Å². The zero-order valence-corrected chi connectivity index (χ0v) is 8.72. The minimum Gasteiger partial charge on any atom is -0.438 e. The third-order valence-corrected chi connectivity index (χ3v) is 2.88. The Morgan fingerprint density at radius 3 is 2.31 bits per heavy atom. The first-order valence-electron chi connectivity index (χ1n) is 5.23. The molecule has 0 atom stereocenters. The molecule has 80 valence electrons. The molecule has 2 heterocycles. The van der Waals surface area contributed by atoms with Gasteiger partial charge < -0.3 is 9.32 Å². The Labute approximate surface area is 93.3 Å². The maximum atomic E-state index is 10.5. The van der Waals surface area contributed by atoms with Gasteiger partial charge in [0, 0.05) is 19.2 Å². The largest absolute Gasteiger partial charge is 0.438 e. The zero-order valence-electron chi connectivity index (χ0n) is 8.72. The highest BCUT2D eigenvalue weighted by atomic mass is 16.4. The van der Waals surface area contributed by atoms with E-state index in [1.807, 2.05) is 18.2 Å². The molecule has 0 fully saturated rings. The quantitative estimate of drug-likeness (QED) is 0.719. The number of fused-ring (bicyclic) bond motifs is 1. The molecule has 16 heavy (non-hydrogen) atoms. The first-order valence-corrected chi connectivity index (χ1v) is 5.23. The summed E-state index contributed by atoms with van der Waals surface area (Å²) in [5.74, 6) is 1.14. The van der Waals surface area contributed by atoms with Crippen molar-refractivity contribution in [2.75, 3.05) is 4.90 Å². The summed E-state index contributed by atoms with van der Waals surface area (Å²) >= 11 is 0. The normalized spacial score (nSPS) is 13.9. The molecule has 0 saturated heterocycles. The van der Waals surface area contributed by atoms with Crippen LogP contribution in [0.25, 0.3) is 0 Å². The highest BCUT2D eigenvalue weighted by molar-refractivity contribution is 5.71. The van der Waals surface area contributed by atoms with Crippen LogP contribution in [0.3, 0.4) is 0 Å². The van der Waals surface area contributed by atoms with E-state index >= 15 is 0 Å². The van der Waals surface area contributed by atoms with Crippen molar-refractivity contribution in [1.29, 1.82) is 0 Å². The molecule has 3 heteroatoms. The van der Waals surface area contributed by atoms with E-state index in [1.165, 1.54) is 11.1 Å². The van der Waals surface area contributed by atoms with Crippen molar-refractivity contribution in [3.63, 3.8) is 0 Å². The minimum absolute atomic E-state index is 0.381. The number of carbonyl (C=O) groups excluding carboxylic acids is 1. The zero-order chi connectivity index (χ0) is 11.0. The van der Waals surface area contributed by atoms with E-state index in [4.69, 9.17) is 4.42 Å². The van der Waals surface area contributed by atoms with E-state index in [0.29, 0.717) is 5.76 Å². The van der Waals surface area contributed by atoms with Crippen LogP contribution >= 0.6 is 0 Å². The second-order valence-corrected chi connectivity index (χ2v) is 3.92. The van der Waals surface area contributed by atoms with Crippen LogP contribution in [0.2, 0.25) is 0 Å². The molecule has 0 aliphatic carbocycles. The number of furan rings is 1. The minimum atomic E-state index is 0.381. The van der Waals surface area contributed by atoms with Crippen LogP contribution in [0.4, 0.5) is 5.88 Å². The van der Waals surface area contributed by atoms with E-state index in [-0.39, 0.29) is 0 Å². The van der Waals surface area contributed by atoms with Gasteiger partial charge in [-0.2, -0.15) is 0 Å². The molecule has 0 amide bonds. The third kappa shape index (κ3) is 1.41. The van der Waals surface area contributed by atoms with Crippen LogP contribution in [0, 0.1) is 0 Å². The number of aldehydes is 1. The lowest BCUT2D eigenvalue weighted by atomic mass is 10.1. The van der Waals surface area contributed by atoms with Gasteiger partial charge in [0.2, 0.25) is 0 Å². The number of hydrogen-bond donors (Lipinski definition) is 0. The van der Waals surface area contributed by atoms with Crippen molar-refractivity contribution < 1.29 is 9.21 Å². The number of nitrogens with zero attached hydrogens (tertiary/aromatic N) is 1. The molecule has 0 bridgehead atoms. The molecule has 1 aliphatic heterocycles. The van der Waals surface area contributed by atoms with E-state index in [1.54, 1.807) is 6.07 Å². The summed E-state index contributed by atoms with van der Waals surface area (Å²) in [7, 11) is 0. The third-order valence-electron chi connectivity index (χ3n) is 2.88. The van der Waals surface area contributed by atoms with Crippen molar-refractivity contribution in [3.05, 3.63) is 53.3 Å². The topological polar surface area (TPSA) is 33.5 Å². The Balaban J connectivity index is 1.88. The first kappa shape index (κ1) is 9.21. The van der Waals surface area contributed by atoms with Crippen LogP contribution in [-0.2, 0) is 13.1 Å². The van der Waals surface area contributed by atoms with E-state index in [0.717, 1.165) is 25.3 Å². The molecule has 3 rings (SSSR count). The molecule has 0 saturated carbocycles. The average Bonchev–Trinajstić information content (AvgIpc) is 2.95. The molecule has 0 radical (unpaired) electrons. The summed E-state index contributed by atoms with van der Waals surface area (Å²) in [5.41, 5.74) is 2.65. The Morgan fingerprint density at radius 1 is 1.06 bits per heavy atom. The Morgan fingerprint density at radius 2 is 1.75 bits per heavy atom. The molecule has 0 N–H and O–H groups in total. The number of carbonyl (C=O) groups is 1. The smallest absolute Gasteiger partial charge is 0.196 e. The molecular formula is C13H11NO2. The SMILES string of the molecule is O=Cc1ccc(N2Cc3ccccc3C2)o1. The molecule has 3 nitrogen and oxygen atoms in total. The maximum absolute atomic E-state index is 10.5. The van der Waals surface area contributed by atoms with Gasteiger partial charge in [0.1, 0.15) is 0 Å². The predicted molar refractivity (Wildman–Crippen MR) is 60.4 cm³/mol. The fraction of sp³-hybridized carbons (Fsp3) is 0.154. The molecule has 0 spiro atoms. The molecular weight excluding hydrogens is 202 g/mol. The van der Waals surface area contributed by atoms with Crippen molar-refractivity contribution in [3.8, 4) is 0 Å². The molecule has 1 aromatic carbocycles. The number of rotatable bonds is 2. The standard InChI is InChI=1S/C13H11NO2/c15-9-12-5-6-13(16-12)14-7-10-3-1-2-4-11(10)8-14/h1-6,9H,7-8H2. The number of benzene rings is 1. The maximum Gasteiger partial charge on any atom is 0.196 e. The van der Waals surface area contributed by atoms with Crippen LogP contribution in [0.5, 0.6) is 0 Å². The van der Waals surface area contributed by atoms with Crippen molar-refractivity contribution in [1.82, 2.24) is 0 Å². The molecule has 0 unspecified atom stereocenters. The van der Waals surface area contributed by atoms with Gasteiger partial charge in [-0.1, -0.05) is 24.3 Å². The highest BCUT2D eigenvalue weighted by Gasteiger charge is 2.20. The fourth-order valence-corrected chi connectivity index (χ4v) is 2.06. The Kier molecular flexibility index (Phi) is 2.03. The van der Waals surface area contributed by atoms with E-state index < -0.39 is 0 Å². The van der Waals surface area contributed by atoms with Crippen molar-refractivity contribution in [2.45, 2.75) is 13.1 Å². The summed E-state index contributed by atoms with van der Waals surface area (Å²) < 4.78 is 5.41. The van der Waals surface area contributed by atoms with Crippen molar-refractivity contribution in [2.24, 2.45) is 0 Å². The van der Waals surface area contributed by atoms with E-state index in [9.17, 15) is 4.79 Å². The van der Waals surface area contributed by atoms with Crippen molar-refractivity contribution >= 4 is 12.2 Å². The molecule has 1 aliphatic rings. The summed E-state index contributed by atoms with van der Waals surface area (Å²) in [6, 6.07) is 11.9. The summed E-state index contributed by atoms with van der Waals surface area (Å²) in [6.45, 7) is 1.70. The fourth-order valence-electron chi connectivity index (χ4n) is 2.06. The van der Waals surface area contributed by atoms with Gasteiger partial charge >= 0.3 is 0 Å². The predicted octanol–water partition coefficient (Wildman–Crippen LogP) is 2.61. The summed E-state index contributed by atoms with van der Waals surface area (Å²) in [6.07, 6.45) is 0.729. The van der Waals surface area contributed by atoms with Gasteiger partial charge in [0.05, 0.1) is 0 Å². The van der Waals surface area contributed by atoms with Gasteiger partial charge in [-0.3, -0.25) is 4.79 Å². The monoisotopic (exact) mass is 213 g/mol. The lowest BCUT2D eigenvalue weighted by Gasteiger charge is -2.12. The second kappa shape index (κ2) is 3.52. The van der Waals surface area contributed by atoms with Crippen LogP contribution in [-0.4, -0.2) is 6.29 Å². The van der Waals surface area contributed by atoms with Gasteiger partial charge in [-0.15, -0.1) is 0 Å². The van der Waals surface area contributed by atoms with Gasteiger partial charge in [0.15, 0.2) is 17.9 Å². The number of anilines is 1. The molecule has 2 aromatic rings. The lowest BCUT2D eigenvalue weighted by molar-refractivity contribution is 0.110. The first-order chi connectivity index (χ1) is 7.86. The van der Waals surface area contributed by atoms with Gasteiger partial charge in [-0.05, 0) is 17.2 Å². The van der Waals surface area contributed by atoms with Gasteiger partial charge in [-0.25, -0.2) is 0 Å². The van der Waals surface area contributed by atoms with E-state index in [2.05, 4.69) is 17.0 Å². The second-order valence-electron chi connectivity index (χ2n) is 3.92. The van der Waals surface area contributed by atoms with Crippen LogP contribution in [0.1, 0.15) is 21.7 Å². The summed E-state index contributed by atoms with van der Waals surface area (Å²) in [4.78, 5) is 12.7. The number of hydrogen-bond acceptors (Lipinski definition) is 3. The van der Waals surface area contributed by atoms with Crippen LogP contribution < -0.4 is 4.90 Å². The molecule has 1 aromatic heterocycles. The van der Waals surface area contributed by atoms with Gasteiger partial charge in [0.25, 0.3) is 0 Å². The average molecular weight is 213 g/mol. The Bertz CT molecular complexity index is 505.